The number of aliphatic hydroxyl groups is 1. The Bertz CT molecular complexity index is 1700. The number of para-hydroxylation sites is 1. The van der Waals surface area contributed by atoms with Gasteiger partial charge in [0, 0.05) is 41.8 Å². The molecule has 20 heteroatoms. The fourth-order valence-corrected chi connectivity index (χ4v) is 5.53. The van der Waals surface area contributed by atoms with Gasteiger partial charge in [0.15, 0.2) is 0 Å². The van der Waals surface area contributed by atoms with Crippen molar-refractivity contribution in [2.75, 3.05) is 25.2 Å². The zero-order chi connectivity index (χ0) is 38.2. The van der Waals surface area contributed by atoms with E-state index in [0.29, 0.717) is 11.4 Å². The Kier molecular flexibility index (Phi) is 16.1. The van der Waals surface area contributed by atoms with Crippen LogP contribution in [0.15, 0.2) is 43.0 Å². The number of aromatic nitrogens is 3. The highest BCUT2D eigenvalue weighted by atomic mass is 32.2. The van der Waals surface area contributed by atoms with Crippen LogP contribution in [0.2, 0.25) is 0 Å². The summed E-state index contributed by atoms with van der Waals surface area (Å²) in [6, 6.07) is 1.01. The molecular weight excluding hydrogens is 700 g/mol. The molecule has 0 unspecified atom stereocenters. The molecule has 1 aromatic carbocycles. The normalized spacial score (nSPS) is 13.9. The van der Waals surface area contributed by atoms with Crippen molar-refractivity contribution in [3.63, 3.8) is 0 Å². The highest BCUT2D eigenvalue weighted by Gasteiger charge is 2.30. The van der Waals surface area contributed by atoms with Crippen LogP contribution in [0, 0.1) is 0 Å². The molecule has 52 heavy (non-hydrogen) atoms. The van der Waals surface area contributed by atoms with Crippen LogP contribution in [-0.4, -0.2) is 122 Å². The Labute approximate surface area is 302 Å². The molecule has 0 fully saturated rings. The number of carbonyl (C=O) groups excluding carboxylic acids is 6. The summed E-state index contributed by atoms with van der Waals surface area (Å²) in [4.78, 5) is 98.1. The number of primary amides is 1. The number of carbonyl (C=O) groups is 7. The molecule has 0 spiro atoms. The minimum atomic E-state index is -1.62. The minimum absolute atomic E-state index is 0.125. The number of rotatable bonds is 22. The number of nitrogens with one attached hydrogen (secondary N) is 7. The summed E-state index contributed by atoms with van der Waals surface area (Å²) in [7, 11) is 0. The Balaban J connectivity index is 1.65. The average molecular weight is 745 g/mol. The monoisotopic (exact) mass is 744 g/mol. The maximum atomic E-state index is 13.5. The van der Waals surface area contributed by atoms with Gasteiger partial charge >= 0.3 is 5.97 Å². The zero-order valence-corrected chi connectivity index (χ0v) is 29.2. The third-order valence-corrected chi connectivity index (χ3v) is 8.50. The summed E-state index contributed by atoms with van der Waals surface area (Å²) < 4.78 is 0. The molecule has 0 saturated carbocycles. The number of imidazole rings is 1. The molecule has 0 saturated heterocycles. The molecule has 0 aliphatic rings. The zero-order valence-electron chi connectivity index (χ0n) is 28.3. The van der Waals surface area contributed by atoms with Gasteiger partial charge in [0.25, 0.3) is 0 Å². The molecule has 3 aromatic rings. The highest BCUT2D eigenvalue weighted by Crippen LogP contribution is 2.19. The predicted molar refractivity (Wildman–Crippen MR) is 189 cm³/mol. The van der Waals surface area contributed by atoms with E-state index in [9.17, 15) is 43.8 Å². The van der Waals surface area contributed by atoms with Gasteiger partial charge in [-0.25, -0.2) is 9.78 Å². The molecule has 13 N–H and O–H groups in total. The van der Waals surface area contributed by atoms with Gasteiger partial charge in [0.2, 0.25) is 35.4 Å². The molecule has 282 valence electrons. The van der Waals surface area contributed by atoms with Crippen LogP contribution >= 0.6 is 11.8 Å². The van der Waals surface area contributed by atoms with Gasteiger partial charge in [-0.2, -0.15) is 11.8 Å². The van der Waals surface area contributed by atoms with E-state index in [1.165, 1.54) is 24.3 Å². The van der Waals surface area contributed by atoms with Crippen molar-refractivity contribution in [2.24, 2.45) is 11.5 Å². The van der Waals surface area contributed by atoms with Crippen molar-refractivity contribution in [1.29, 1.82) is 0 Å². The molecular formula is C32H44N10O9S. The molecule has 19 nitrogen and oxygen atoms in total. The van der Waals surface area contributed by atoms with E-state index in [1.54, 1.807) is 12.5 Å². The van der Waals surface area contributed by atoms with Crippen LogP contribution in [0.25, 0.3) is 10.9 Å². The fraction of sp³-hybridized carbons (Fsp3) is 0.438. The number of hydrogen-bond acceptors (Lipinski definition) is 11. The second-order valence-corrected chi connectivity index (χ2v) is 12.8. The van der Waals surface area contributed by atoms with Crippen LogP contribution < -0.4 is 38.1 Å². The van der Waals surface area contributed by atoms with Gasteiger partial charge in [-0.15, -0.1) is 0 Å². The number of fused-ring (bicyclic) bond motifs is 1. The van der Waals surface area contributed by atoms with Gasteiger partial charge in [-0.05, 0) is 42.9 Å². The van der Waals surface area contributed by atoms with E-state index in [4.69, 9.17) is 11.5 Å². The average Bonchev–Trinajstić information content (AvgIpc) is 3.79. The third kappa shape index (κ3) is 12.7. The molecule has 5 atom stereocenters. The summed E-state index contributed by atoms with van der Waals surface area (Å²) in [5.41, 5.74) is 13.6. The molecule has 0 aliphatic heterocycles. The number of nitrogens with zero attached hydrogens (tertiary/aromatic N) is 1. The van der Waals surface area contributed by atoms with Crippen LogP contribution in [0.4, 0.5) is 0 Å². The highest BCUT2D eigenvalue weighted by molar-refractivity contribution is 7.98. The van der Waals surface area contributed by atoms with Gasteiger partial charge in [-0.1, -0.05) is 18.2 Å². The number of aromatic amines is 2. The van der Waals surface area contributed by atoms with Crippen molar-refractivity contribution in [1.82, 2.24) is 41.5 Å². The van der Waals surface area contributed by atoms with Crippen molar-refractivity contribution in [2.45, 2.75) is 62.3 Å². The number of aliphatic carboxylic acids is 1. The van der Waals surface area contributed by atoms with Crippen molar-refractivity contribution >= 4 is 64.1 Å². The van der Waals surface area contributed by atoms with E-state index in [-0.39, 0.29) is 32.1 Å². The largest absolute Gasteiger partial charge is 0.480 e. The molecule has 3 rings (SSSR count). The summed E-state index contributed by atoms with van der Waals surface area (Å²) >= 11 is 1.39. The first-order valence-corrected chi connectivity index (χ1v) is 17.6. The molecule has 2 aromatic heterocycles. The van der Waals surface area contributed by atoms with E-state index in [0.717, 1.165) is 16.5 Å². The summed E-state index contributed by atoms with van der Waals surface area (Å²) in [6.45, 7) is -1.53. The SMILES string of the molecule is CSCC[C@H](NC(=O)[C@H](CCC(N)=O)NC(=O)[C@@H](N)Cc1c[nH]c2ccccc12)C(=O)NCC(=O)N[C@@H](Cc1cnc[nH]1)C(=O)N[C@H](CO)C(=O)O. The van der Waals surface area contributed by atoms with Crippen LogP contribution in [-0.2, 0) is 46.4 Å². The second-order valence-electron chi connectivity index (χ2n) is 11.8. The molecule has 0 radical (unpaired) electrons. The summed E-state index contributed by atoms with van der Waals surface area (Å²) in [5.74, 6) is -5.73. The Hall–Kier alpha value is -5.47. The van der Waals surface area contributed by atoms with E-state index in [2.05, 4.69) is 41.5 Å². The van der Waals surface area contributed by atoms with Crippen molar-refractivity contribution in [3.05, 3.63) is 54.2 Å². The molecule has 0 aliphatic carbocycles. The topological polar surface area (TPSA) is 317 Å². The first-order chi connectivity index (χ1) is 24.8. The fourth-order valence-electron chi connectivity index (χ4n) is 5.06. The quantitative estimate of drug-likeness (QED) is 0.0496. The van der Waals surface area contributed by atoms with Crippen LogP contribution in [0.3, 0.4) is 0 Å². The number of hydrogen-bond donors (Lipinski definition) is 11. The van der Waals surface area contributed by atoms with E-state index < -0.39 is 84.8 Å². The minimum Gasteiger partial charge on any atom is -0.480 e. The maximum Gasteiger partial charge on any atom is 0.328 e. The van der Waals surface area contributed by atoms with E-state index >= 15 is 0 Å². The van der Waals surface area contributed by atoms with Crippen molar-refractivity contribution < 1.29 is 43.8 Å². The number of aliphatic hydroxyl groups excluding tert-OH is 1. The Morgan fingerprint density at radius 1 is 0.865 bits per heavy atom. The van der Waals surface area contributed by atoms with Crippen LogP contribution in [0.1, 0.15) is 30.5 Å². The number of carboxylic acid groups (broad SMARTS) is 1. The van der Waals surface area contributed by atoms with Gasteiger partial charge in [0.1, 0.15) is 24.2 Å². The molecule has 0 bridgehead atoms. The lowest BCUT2D eigenvalue weighted by Gasteiger charge is -2.24. The number of H-pyrrole nitrogens is 2. The lowest BCUT2D eigenvalue weighted by Crippen LogP contribution is -2.57. The lowest BCUT2D eigenvalue weighted by atomic mass is 10.0. The molecule has 2 heterocycles. The maximum absolute atomic E-state index is 13.5. The first kappa shape index (κ1) is 41.0. The lowest BCUT2D eigenvalue weighted by molar-refractivity contribution is -0.143. The smallest absolute Gasteiger partial charge is 0.328 e. The Morgan fingerprint density at radius 3 is 2.19 bits per heavy atom. The number of nitrogens with two attached hydrogens (primary N) is 2. The Morgan fingerprint density at radius 2 is 1.54 bits per heavy atom. The number of amides is 6. The first-order valence-electron chi connectivity index (χ1n) is 16.2. The standard InChI is InChI=1S/C32H44N10O9S/c1-52-9-8-23(29(47)37-14-27(45)39-24(11-18-13-35-16-38-18)31(49)42-25(15-43)32(50)51)41-30(48)22(6-7-26(34)44)40-28(46)20(33)10-17-12-36-21-5-3-2-4-19(17)21/h2-5,12-13,16,20,22-25,36,43H,6-11,14-15,33H2,1H3,(H2,34,44)(H,35,38)(H,37,47)(H,39,45)(H,40,46)(H,41,48)(H,42,49)(H,50,51)/t20-,22-,23-,24-,25+/m0/s1. The van der Waals surface area contributed by atoms with E-state index in [1.807, 2.05) is 24.3 Å². The summed E-state index contributed by atoms with van der Waals surface area (Å²) in [6.07, 6.45) is 5.97. The van der Waals surface area contributed by atoms with Gasteiger partial charge in [0.05, 0.1) is 25.5 Å². The van der Waals surface area contributed by atoms with Gasteiger partial charge in [-0.3, -0.25) is 28.8 Å². The molecule has 6 amide bonds. The number of carboxylic acids is 1. The third-order valence-electron chi connectivity index (χ3n) is 7.86. The van der Waals surface area contributed by atoms with Gasteiger partial charge < -0.3 is 58.2 Å². The second kappa shape index (κ2) is 20.4. The number of thioether (sulfide) groups is 1. The van der Waals surface area contributed by atoms with Crippen LogP contribution in [0.5, 0.6) is 0 Å². The van der Waals surface area contributed by atoms with Crippen molar-refractivity contribution in [3.8, 4) is 0 Å². The number of benzene rings is 1. The predicted octanol–water partition coefficient (Wildman–Crippen LogP) is -2.85. The summed E-state index contributed by atoms with van der Waals surface area (Å²) in [5, 5.41) is 31.5.